The van der Waals surface area contributed by atoms with Crippen LogP contribution in [0.2, 0.25) is 0 Å². The number of aryl methyl sites for hydroxylation is 1. The van der Waals surface area contributed by atoms with Gasteiger partial charge in [-0.05, 0) is 19.8 Å². The molecule has 0 aliphatic carbocycles. The number of nitrogens with one attached hydrogen (secondary N) is 1. The second-order valence-electron chi connectivity index (χ2n) is 5.69. The van der Waals surface area contributed by atoms with Gasteiger partial charge < -0.3 is 10.2 Å². The Kier molecular flexibility index (Phi) is 4.42. The summed E-state index contributed by atoms with van der Waals surface area (Å²) in [5.41, 5.74) is 0.967. The Morgan fingerprint density at radius 3 is 2.75 bits per heavy atom. The van der Waals surface area contributed by atoms with Crippen molar-refractivity contribution < 1.29 is 9.59 Å². The number of amides is 2. The average Bonchev–Trinajstić information content (AvgIpc) is 2.73. The normalized spacial score (nSPS) is 23.9. The van der Waals surface area contributed by atoms with Crippen LogP contribution < -0.4 is 5.32 Å². The Labute approximate surface area is 123 Å². The minimum Gasteiger partial charge on any atom is -0.344 e. The fourth-order valence-electron chi connectivity index (χ4n) is 2.38. The number of carbonyl (C=O) groups is 2. The van der Waals surface area contributed by atoms with E-state index >= 15 is 0 Å². The Balaban J connectivity index is 2.23. The summed E-state index contributed by atoms with van der Waals surface area (Å²) in [7, 11) is 0. The molecule has 6 heteroatoms. The quantitative estimate of drug-likeness (QED) is 0.923. The molecule has 2 rings (SSSR count). The molecular formula is C14H21N3O2S. The van der Waals surface area contributed by atoms with Gasteiger partial charge in [-0.3, -0.25) is 9.59 Å². The molecule has 0 saturated carbocycles. The van der Waals surface area contributed by atoms with E-state index < -0.39 is 6.04 Å². The van der Waals surface area contributed by atoms with Crippen molar-refractivity contribution in [2.75, 3.05) is 0 Å². The van der Waals surface area contributed by atoms with Gasteiger partial charge in [0.2, 0.25) is 11.8 Å². The van der Waals surface area contributed by atoms with Gasteiger partial charge in [-0.1, -0.05) is 13.8 Å². The van der Waals surface area contributed by atoms with Gasteiger partial charge in [0.1, 0.15) is 11.0 Å². The van der Waals surface area contributed by atoms with Crippen molar-refractivity contribution in [1.82, 2.24) is 15.2 Å². The van der Waals surface area contributed by atoms with Crippen LogP contribution in [0.15, 0.2) is 5.38 Å². The fraction of sp³-hybridized carbons (Fsp3) is 0.643. The molecule has 1 aromatic heterocycles. The van der Waals surface area contributed by atoms with E-state index in [0.29, 0.717) is 13.0 Å². The smallest absolute Gasteiger partial charge is 0.246 e. The highest BCUT2D eigenvalue weighted by atomic mass is 32.1. The van der Waals surface area contributed by atoms with Crippen LogP contribution in [-0.4, -0.2) is 33.8 Å². The predicted molar refractivity (Wildman–Crippen MR) is 78.2 cm³/mol. The molecule has 5 nitrogen and oxygen atoms in total. The summed E-state index contributed by atoms with van der Waals surface area (Å²) in [6.45, 7) is 8.24. The van der Waals surface area contributed by atoms with Gasteiger partial charge >= 0.3 is 0 Å². The zero-order valence-corrected chi connectivity index (χ0v) is 13.2. The number of hydrogen-bond acceptors (Lipinski definition) is 4. The average molecular weight is 295 g/mol. The first-order chi connectivity index (χ1) is 9.38. The molecule has 1 aliphatic rings. The van der Waals surface area contributed by atoms with Crippen LogP contribution in [-0.2, 0) is 16.1 Å². The molecule has 1 N–H and O–H groups in total. The van der Waals surface area contributed by atoms with Crippen molar-refractivity contribution in [3.05, 3.63) is 16.1 Å². The van der Waals surface area contributed by atoms with Gasteiger partial charge in [-0.25, -0.2) is 4.98 Å². The minimum atomic E-state index is -0.437. The highest BCUT2D eigenvalue weighted by Crippen LogP contribution is 2.20. The van der Waals surface area contributed by atoms with Gasteiger partial charge in [-0.2, -0.15) is 0 Å². The van der Waals surface area contributed by atoms with Crippen molar-refractivity contribution in [3.63, 3.8) is 0 Å². The zero-order valence-electron chi connectivity index (χ0n) is 12.3. The minimum absolute atomic E-state index is 0.00815. The molecule has 0 aromatic carbocycles. The third-order valence-electron chi connectivity index (χ3n) is 3.52. The molecule has 1 aliphatic heterocycles. The summed E-state index contributed by atoms with van der Waals surface area (Å²) in [5, 5.41) is 5.73. The molecule has 2 heterocycles. The van der Waals surface area contributed by atoms with Crippen molar-refractivity contribution in [2.45, 2.75) is 52.7 Å². The molecule has 0 bridgehead atoms. The van der Waals surface area contributed by atoms with E-state index in [1.165, 1.54) is 0 Å². The van der Waals surface area contributed by atoms with Crippen LogP contribution in [0.5, 0.6) is 0 Å². The van der Waals surface area contributed by atoms with Crippen molar-refractivity contribution in [1.29, 1.82) is 0 Å². The molecule has 20 heavy (non-hydrogen) atoms. The van der Waals surface area contributed by atoms with Crippen LogP contribution in [0.3, 0.4) is 0 Å². The number of rotatable bonds is 3. The summed E-state index contributed by atoms with van der Waals surface area (Å²) in [4.78, 5) is 30.7. The first kappa shape index (κ1) is 15.0. The van der Waals surface area contributed by atoms with E-state index in [0.717, 1.165) is 10.7 Å². The SMILES string of the molecule is Cc1csc(CN2C(=O)C(C(C)C)NC(=O)CC2C)n1. The van der Waals surface area contributed by atoms with E-state index in [-0.39, 0.29) is 23.8 Å². The molecule has 1 saturated heterocycles. The van der Waals surface area contributed by atoms with E-state index in [1.807, 2.05) is 33.1 Å². The van der Waals surface area contributed by atoms with Crippen LogP contribution in [0.1, 0.15) is 37.9 Å². The molecule has 1 aromatic rings. The maximum Gasteiger partial charge on any atom is 0.246 e. The Hall–Kier alpha value is -1.43. The van der Waals surface area contributed by atoms with E-state index in [1.54, 1.807) is 16.2 Å². The number of carbonyl (C=O) groups excluding carboxylic acids is 2. The molecule has 2 amide bonds. The molecule has 2 unspecified atom stereocenters. The summed E-state index contributed by atoms with van der Waals surface area (Å²) in [6.07, 6.45) is 0.347. The fourth-order valence-corrected chi connectivity index (χ4v) is 3.14. The second kappa shape index (κ2) is 5.91. The molecule has 0 radical (unpaired) electrons. The number of nitrogens with zero attached hydrogens (tertiary/aromatic N) is 2. The topological polar surface area (TPSA) is 62.3 Å². The zero-order chi connectivity index (χ0) is 14.9. The van der Waals surface area contributed by atoms with Gasteiger partial charge in [-0.15, -0.1) is 11.3 Å². The lowest BCUT2D eigenvalue weighted by Crippen LogP contribution is -2.48. The van der Waals surface area contributed by atoms with E-state index in [4.69, 9.17) is 0 Å². The molecule has 2 atom stereocenters. The Morgan fingerprint density at radius 1 is 1.50 bits per heavy atom. The maximum absolute atomic E-state index is 12.6. The molecule has 0 spiro atoms. The maximum atomic E-state index is 12.6. The summed E-state index contributed by atoms with van der Waals surface area (Å²) < 4.78 is 0. The van der Waals surface area contributed by atoms with Crippen LogP contribution in [0.4, 0.5) is 0 Å². The second-order valence-corrected chi connectivity index (χ2v) is 6.63. The summed E-state index contributed by atoms with van der Waals surface area (Å²) in [5.74, 6) is 0.0193. The summed E-state index contributed by atoms with van der Waals surface area (Å²) >= 11 is 1.55. The lowest BCUT2D eigenvalue weighted by molar-refractivity contribution is -0.136. The lowest BCUT2D eigenvalue weighted by Gasteiger charge is -2.29. The van der Waals surface area contributed by atoms with Gasteiger partial charge in [0.25, 0.3) is 0 Å². The lowest BCUT2D eigenvalue weighted by atomic mass is 10.0. The van der Waals surface area contributed by atoms with E-state index in [2.05, 4.69) is 10.3 Å². The van der Waals surface area contributed by atoms with Gasteiger partial charge in [0, 0.05) is 23.5 Å². The molecule has 110 valence electrons. The largest absolute Gasteiger partial charge is 0.344 e. The third kappa shape index (κ3) is 3.17. The first-order valence-electron chi connectivity index (χ1n) is 6.89. The number of aromatic nitrogens is 1. The first-order valence-corrected chi connectivity index (χ1v) is 7.77. The highest BCUT2D eigenvalue weighted by Gasteiger charge is 2.35. The monoisotopic (exact) mass is 295 g/mol. The Morgan fingerprint density at radius 2 is 2.20 bits per heavy atom. The number of hydrogen-bond donors (Lipinski definition) is 1. The predicted octanol–water partition coefficient (Wildman–Crippen LogP) is 1.71. The highest BCUT2D eigenvalue weighted by molar-refractivity contribution is 7.09. The number of thiazole rings is 1. The van der Waals surface area contributed by atoms with Crippen molar-refractivity contribution >= 4 is 23.2 Å². The molecule has 1 fully saturated rings. The van der Waals surface area contributed by atoms with E-state index in [9.17, 15) is 9.59 Å². The molecular weight excluding hydrogens is 274 g/mol. The van der Waals surface area contributed by atoms with Crippen LogP contribution in [0.25, 0.3) is 0 Å². The van der Waals surface area contributed by atoms with Crippen LogP contribution in [0, 0.1) is 12.8 Å². The van der Waals surface area contributed by atoms with Gasteiger partial charge in [0.05, 0.1) is 6.54 Å². The Bertz CT molecular complexity index is 512. The van der Waals surface area contributed by atoms with Crippen molar-refractivity contribution in [3.8, 4) is 0 Å². The van der Waals surface area contributed by atoms with Gasteiger partial charge in [0.15, 0.2) is 0 Å². The standard InChI is InChI=1S/C14H21N3O2S/c1-8(2)13-14(19)17(10(4)5-11(18)16-13)6-12-15-9(3)7-20-12/h7-8,10,13H,5-6H2,1-4H3,(H,16,18). The van der Waals surface area contributed by atoms with Crippen LogP contribution >= 0.6 is 11.3 Å². The van der Waals surface area contributed by atoms with Crippen molar-refractivity contribution in [2.24, 2.45) is 5.92 Å². The third-order valence-corrected chi connectivity index (χ3v) is 4.47. The summed E-state index contributed by atoms with van der Waals surface area (Å²) in [6, 6.07) is -0.538.